The zero-order valence-corrected chi connectivity index (χ0v) is 17.2. The van der Waals surface area contributed by atoms with Crippen LogP contribution in [-0.4, -0.2) is 55.6 Å². The van der Waals surface area contributed by atoms with E-state index in [0.29, 0.717) is 13.1 Å². The molecule has 0 aliphatic carbocycles. The van der Waals surface area contributed by atoms with Crippen molar-refractivity contribution in [3.05, 3.63) is 65.2 Å². The first-order valence-electron chi connectivity index (χ1n) is 9.97. The number of amides is 1. The second-order valence-electron chi connectivity index (χ2n) is 7.66. The molecule has 1 aromatic heterocycles. The third kappa shape index (κ3) is 4.76. The van der Waals surface area contributed by atoms with E-state index in [4.69, 9.17) is 4.98 Å². The van der Waals surface area contributed by atoms with Gasteiger partial charge in [0.2, 0.25) is 0 Å². The average molecular weight is 397 g/mol. The molecule has 0 unspecified atom stereocenters. The van der Waals surface area contributed by atoms with E-state index in [-0.39, 0.29) is 5.91 Å². The standard InChI is InChI=1S/C22H26N4OS/c1-24(15-18-7-3-2-4-8-18)22(27)17-26-13-11-25(12-14-26)16-21-23-19-9-5-6-10-20(19)28-21/h2-10H,11-17H2,1H3/p+2. The zero-order chi connectivity index (χ0) is 19.3. The summed E-state index contributed by atoms with van der Waals surface area (Å²) in [4.78, 5) is 22.2. The van der Waals surface area contributed by atoms with E-state index in [2.05, 4.69) is 30.3 Å². The molecule has 3 aromatic rings. The molecule has 1 aliphatic heterocycles. The number of nitrogens with zero attached hydrogens (tertiary/aromatic N) is 2. The maximum absolute atomic E-state index is 12.6. The zero-order valence-electron chi connectivity index (χ0n) is 16.4. The van der Waals surface area contributed by atoms with Crippen LogP contribution in [-0.2, 0) is 17.9 Å². The number of nitrogens with one attached hydrogen (secondary N) is 2. The van der Waals surface area contributed by atoms with Crippen molar-refractivity contribution in [2.45, 2.75) is 13.1 Å². The molecule has 4 rings (SSSR count). The number of rotatable bonds is 6. The lowest BCUT2D eigenvalue weighted by Crippen LogP contribution is -3.28. The summed E-state index contributed by atoms with van der Waals surface area (Å²) in [6, 6.07) is 18.5. The smallest absolute Gasteiger partial charge is 0.277 e. The summed E-state index contributed by atoms with van der Waals surface area (Å²) < 4.78 is 1.27. The molecule has 1 fully saturated rings. The minimum atomic E-state index is 0.230. The minimum Gasteiger partial charge on any atom is -0.337 e. The highest BCUT2D eigenvalue weighted by atomic mass is 32.1. The molecule has 2 N–H and O–H groups in total. The van der Waals surface area contributed by atoms with Crippen LogP contribution in [0.1, 0.15) is 10.6 Å². The molecule has 0 atom stereocenters. The number of likely N-dealkylation sites (N-methyl/N-ethyl adjacent to an activating group) is 1. The lowest BCUT2D eigenvalue weighted by Gasteiger charge is -2.30. The van der Waals surface area contributed by atoms with Crippen LogP contribution in [0, 0.1) is 0 Å². The second-order valence-corrected chi connectivity index (χ2v) is 8.78. The summed E-state index contributed by atoms with van der Waals surface area (Å²) in [6.45, 7) is 6.56. The highest BCUT2D eigenvalue weighted by molar-refractivity contribution is 7.18. The summed E-state index contributed by atoms with van der Waals surface area (Å²) in [7, 11) is 1.91. The van der Waals surface area contributed by atoms with Gasteiger partial charge in [0.05, 0.1) is 10.2 Å². The van der Waals surface area contributed by atoms with Gasteiger partial charge >= 0.3 is 0 Å². The number of quaternary nitrogens is 2. The monoisotopic (exact) mass is 396 g/mol. The van der Waals surface area contributed by atoms with Crippen LogP contribution in [0.2, 0.25) is 0 Å². The van der Waals surface area contributed by atoms with Crippen molar-refractivity contribution in [1.82, 2.24) is 9.88 Å². The molecule has 5 nitrogen and oxygen atoms in total. The van der Waals surface area contributed by atoms with Crippen LogP contribution in [0.3, 0.4) is 0 Å². The molecule has 0 spiro atoms. The molecule has 28 heavy (non-hydrogen) atoms. The molecule has 1 amide bonds. The highest BCUT2D eigenvalue weighted by Gasteiger charge is 2.26. The lowest BCUT2D eigenvalue weighted by molar-refractivity contribution is -1.02. The van der Waals surface area contributed by atoms with E-state index in [9.17, 15) is 4.79 Å². The number of benzene rings is 2. The second kappa shape index (κ2) is 8.82. The van der Waals surface area contributed by atoms with Crippen LogP contribution in [0.5, 0.6) is 0 Å². The number of para-hydroxylation sites is 1. The number of thiazole rings is 1. The fraction of sp³-hybridized carbons (Fsp3) is 0.364. The first-order chi connectivity index (χ1) is 13.7. The Kier molecular flexibility index (Phi) is 6.00. The first kappa shape index (κ1) is 19.1. The van der Waals surface area contributed by atoms with Gasteiger partial charge in [0.25, 0.3) is 5.91 Å². The van der Waals surface area contributed by atoms with Crippen molar-refractivity contribution < 1.29 is 14.6 Å². The summed E-state index contributed by atoms with van der Waals surface area (Å²) in [5.41, 5.74) is 2.29. The van der Waals surface area contributed by atoms with E-state index in [1.807, 2.05) is 47.5 Å². The van der Waals surface area contributed by atoms with Gasteiger partial charge in [-0.1, -0.05) is 42.5 Å². The molecule has 146 valence electrons. The Morgan fingerprint density at radius 1 is 1.00 bits per heavy atom. The number of hydrogen-bond donors (Lipinski definition) is 2. The van der Waals surface area contributed by atoms with Crippen LogP contribution in [0.4, 0.5) is 0 Å². The van der Waals surface area contributed by atoms with Gasteiger partial charge in [-0.2, -0.15) is 0 Å². The molecule has 2 aromatic carbocycles. The Balaban J connectivity index is 1.24. The predicted octanol–water partition coefficient (Wildman–Crippen LogP) is 0.238. The van der Waals surface area contributed by atoms with Crippen molar-refractivity contribution in [3.63, 3.8) is 0 Å². The summed E-state index contributed by atoms with van der Waals surface area (Å²) in [5.74, 6) is 0.230. The summed E-state index contributed by atoms with van der Waals surface area (Å²) in [5, 5.41) is 1.22. The van der Waals surface area contributed by atoms with Crippen LogP contribution >= 0.6 is 11.3 Å². The average Bonchev–Trinajstić information content (AvgIpc) is 3.12. The normalized spacial score (nSPS) is 19.6. The Morgan fingerprint density at radius 3 is 2.43 bits per heavy atom. The number of carbonyl (C=O) groups is 1. The lowest BCUT2D eigenvalue weighted by atomic mass is 10.2. The van der Waals surface area contributed by atoms with Gasteiger partial charge in [-0.05, 0) is 17.7 Å². The molecule has 0 saturated carbocycles. The first-order valence-corrected chi connectivity index (χ1v) is 10.8. The fourth-order valence-corrected chi connectivity index (χ4v) is 4.85. The van der Waals surface area contributed by atoms with Gasteiger partial charge in [-0.3, -0.25) is 4.79 Å². The summed E-state index contributed by atoms with van der Waals surface area (Å²) in [6.07, 6.45) is 0. The topological polar surface area (TPSA) is 42.1 Å². The molecule has 1 saturated heterocycles. The minimum absolute atomic E-state index is 0.230. The number of fused-ring (bicyclic) bond motifs is 1. The Bertz CT molecular complexity index is 885. The van der Waals surface area contributed by atoms with Gasteiger partial charge in [0, 0.05) is 13.6 Å². The molecular formula is C22H28N4OS+2. The number of carbonyl (C=O) groups excluding carboxylic acids is 1. The third-order valence-corrected chi connectivity index (χ3v) is 6.53. The fourth-order valence-electron chi connectivity index (χ4n) is 3.81. The molecule has 6 heteroatoms. The van der Waals surface area contributed by atoms with Crippen LogP contribution in [0.15, 0.2) is 54.6 Å². The highest BCUT2D eigenvalue weighted by Crippen LogP contribution is 2.20. The Hall–Kier alpha value is -2.28. The van der Waals surface area contributed by atoms with Gasteiger partial charge < -0.3 is 14.7 Å². The molecular weight excluding hydrogens is 368 g/mol. The van der Waals surface area contributed by atoms with Gasteiger partial charge in [-0.15, -0.1) is 11.3 Å². The number of hydrogen-bond acceptors (Lipinski definition) is 3. The SMILES string of the molecule is CN(Cc1ccccc1)C(=O)C[NH+]1CC[NH+](Cc2nc3ccccc3s2)CC1. The van der Waals surface area contributed by atoms with Gasteiger partial charge in [0.1, 0.15) is 37.7 Å². The molecule has 2 heterocycles. The maximum Gasteiger partial charge on any atom is 0.277 e. The van der Waals surface area contributed by atoms with Crippen molar-refractivity contribution in [2.24, 2.45) is 0 Å². The van der Waals surface area contributed by atoms with E-state index in [1.165, 1.54) is 20.2 Å². The van der Waals surface area contributed by atoms with Crippen LogP contribution in [0.25, 0.3) is 10.2 Å². The Labute approximate surface area is 170 Å². The quantitative estimate of drug-likeness (QED) is 0.627. The van der Waals surface area contributed by atoms with Crippen LogP contribution < -0.4 is 9.80 Å². The number of piperazine rings is 1. The van der Waals surface area contributed by atoms with E-state index in [1.54, 1.807) is 4.90 Å². The van der Waals surface area contributed by atoms with Gasteiger partial charge in [0.15, 0.2) is 6.54 Å². The molecule has 0 radical (unpaired) electrons. The van der Waals surface area contributed by atoms with Crippen molar-refractivity contribution in [2.75, 3.05) is 39.8 Å². The van der Waals surface area contributed by atoms with Gasteiger partial charge in [-0.25, -0.2) is 4.98 Å². The molecule has 0 bridgehead atoms. The summed E-state index contributed by atoms with van der Waals surface area (Å²) >= 11 is 1.81. The maximum atomic E-state index is 12.6. The van der Waals surface area contributed by atoms with E-state index in [0.717, 1.165) is 38.2 Å². The molecule has 1 aliphatic rings. The van der Waals surface area contributed by atoms with Crippen molar-refractivity contribution in [1.29, 1.82) is 0 Å². The number of aromatic nitrogens is 1. The van der Waals surface area contributed by atoms with E-state index < -0.39 is 0 Å². The predicted molar refractivity (Wildman–Crippen MR) is 113 cm³/mol. The Morgan fingerprint density at radius 2 is 1.68 bits per heavy atom. The largest absolute Gasteiger partial charge is 0.337 e. The van der Waals surface area contributed by atoms with Crippen molar-refractivity contribution >= 4 is 27.5 Å². The van der Waals surface area contributed by atoms with Crippen molar-refractivity contribution in [3.8, 4) is 0 Å². The van der Waals surface area contributed by atoms with E-state index >= 15 is 0 Å². The third-order valence-electron chi connectivity index (χ3n) is 5.49.